The molecule has 4 aromatic rings. The summed E-state index contributed by atoms with van der Waals surface area (Å²) in [6, 6.07) is 36.3. The second-order valence-electron chi connectivity index (χ2n) is 31.2. The number of halogens is 11. The van der Waals surface area contributed by atoms with E-state index in [1.54, 1.807) is 0 Å². The van der Waals surface area contributed by atoms with E-state index in [2.05, 4.69) is 200 Å². The Bertz CT molecular complexity index is 4340. The minimum atomic E-state index is -5.98. The molecule has 4 fully saturated rings. The first-order valence-electron chi connectivity index (χ1n) is 35.0. The van der Waals surface area contributed by atoms with Crippen LogP contribution in [0.1, 0.15) is 100 Å². The Morgan fingerprint density at radius 1 is 0.466 bits per heavy atom. The summed E-state index contributed by atoms with van der Waals surface area (Å²) in [5.41, 5.74) is 1.40. The summed E-state index contributed by atoms with van der Waals surface area (Å²) in [5, 5.41) is -4.76. The van der Waals surface area contributed by atoms with Gasteiger partial charge < -0.3 is 55.5 Å². The number of hydrogen-bond acceptors (Lipinski definition) is 23. The van der Waals surface area contributed by atoms with Gasteiger partial charge in [-0.25, -0.2) is 49.2 Å². The molecule has 6 atom stereocenters. The fourth-order valence-corrected chi connectivity index (χ4v) is 13.8. The van der Waals surface area contributed by atoms with E-state index >= 15 is 0 Å². The maximum Gasteiger partial charge on any atom is 0.426 e. The van der Waals surface area contributed by atoms with Crippen molar-refractivity contribution in [3.63, 3.8) is 0 Å². The van der Waals surface area contributed by atoms with Crippen LogP contribution in [-0.2, 0) is 108 Å². The van der Waals surface area contributed by atoms with Gasteiger partial charge in [0.05, 0.1) is 106 Å². The van der Waals surface area contributed by atoms with Crippen LogP contribution in [0.2, 0.25) is 0 Å². The number of esters is 6. The molecule has 42 heteroatoms. The molecule has 0 aromatic heterocycles. The Balaban J connectivity index is 0.000000712. The first-order chi connectivity index (χ1) is 53.1. The average Bonchev–Trinajstić information content (AvgIpc) is 0.714. The SMILES string of the molecule is C=C(C)C(=O)OC(CS(=O)(=O)O)C(F)(F)F.C=C(C)C(=O)OC(CS(=O)(=O)[O-])C(F)(F)F.C=C(C)C(=O)OC12CC3CC(C1)CC(C(=O)OC(CS(=O)(=O)[O-])C(F)(F)F)(C3)C2.C=C(C)C(=O)Oc1ccc(C(=O)OC(C)C(F)(F)S(=O)(=O)[O-])cc1.C[N+](C)(C)Cc1ccccc1.C[N+](C)(C)Cc1ccccc1.C[N+](C)(C)Cc1ccccc1. The van der Waals surface area contributed by atoms with Crippen LogP contribution < -0.4 is 4.74 Å². The van der Waals surface area contributed by atoms with Gasteiger partial charge >= 0.3 is 59.6 Å². The Morgan fingerprint density at radius 3 is 1.06 bits per heavy atom. The fraction of sp³-hybridized carbons (Fsp3) is 0.500. The lowest BCUT2D eigenvalue weighted by molar-refractivity contribution is -0.884. The van der Waals surface area contributed by atoms with E-state index in [1.807, 2.05) is 0 Å². The topological polar surface area (TPSA) is 384 Å². The minimum Gasteiger partial charge on any atom is -0.748 e. The number of nitrogens with zero attached hydrogens (tertiary/aromatic N) is 3. The van der Waals surface area contributed by atoms with Crippen molar-refractivity contribution < 1.29 is 171 Å². The third-order valence-corrected chi connectivity index (χ3v) is 19.1. The lowest BCUT2D eigenvalue weighted by atomic mass is 9.48. The molecule has 0 amide bonds. The van der Waals surface area contributed by atoms with Crippen molar-refractivity contribution >= 4 is 76.3 Å². The Kier molecular flexibility index (Phi) is 39.7. The van der Waals surface area contributed by atoms with E-state index in [1.165, 1.54) is 42.7 Å². The van der Waals surface area contributed by atoms with Crippen molar-refractivity contribution in [3.05, 3.63) is 186 Å². The van der Waals surface area contributed by atoms with Gasteiger partial charge in [0.1, 0.15) is 36.7 Å². The number of carbonyl (C=O) groups excluding carboxylic acids is 6. The fourth-order valence-electron chi connectivity index (χ4n) is 11.4. The van der Waals surface area contributed by atoms with Gasteiger partial charge in [-0.05, 0) is 103 Å². The third kappa shape index (κ3) is 42.4. The molecular formula is C76H100F11N3O24S4. The molecule has 4 bridgehead atoms. The number of alkyl halides is 11. The zero-order chi connectivity index (χ0) is 91.8. The predicted molar refractivity (Wildman–Crippen MR) is 405 cm³/mol. The van der Waals surface area contributed by atoms with Crippen molar-refractivity contribution in [1.29, 1.82) is 0 Å². The second kappa shape index (κ2) is 43.6. The van der Waals surface area contributed by atoms with E-state index in [9.17, 15) is 124 Å². The van der Waals surface area contributed by atoms with Gasteiger partial charge in [-0.1, -0.05) is 117 Å². The normalized spacial score (nSPS) is 18.2. The highest BCUT2D eigenvalue weighted by molar-refractivity contribution is 7.87. The van der Waals surface area contributed by atoms with Crippen LogP contribution in [0.5, 0.6) is 5.75 Å². The van der Waals surface area contributed by atoms with Gasteiger partial charge in [0.15, 0.2) is 16.2 Å². The standard InChI is InChI=1S/C18H23F3O7S.C14H14F2O7S.3C10H16N.2C7H9F3O5S/c1-10(2)14(22)28-17-6-11-3-12(7-17)5-16(4-11,9-17)15(23)27-13(18(19,20)21)8-29(24,25)26;1-8(2)12(17)23-11-6-4-10(5-7-11)13(18)22-9(3)14(15,16)24(19,20)21;3*1-11(2,3)9-10-7-5-4-6-8-10;2*1-4(2)6(11)15-5(7(8,9)10)3-16(12,13)14/h11-13H,1,3-9H2,2H3,(H,24,25,26);4-7,9H,1H2,2-3H3,(H,19,20,21);3*4-8H,9H2,1-3H3;2*5H,1,3H2,2H3,(H,12,13,14)/q;;3*+1;;/p-3. The summed E-state index contributed by atoms with van der Waals surface area (Å²) in [7, 11) is -1.50. The molecule has 27 nitrogen and oxygen atoms in total. The number of ether oxygens (including phenoxy) is 6. The molecule has 8 rings (SSSR count). The minimum absolute atomic E-state index is 0.0134. The van der Waals surface area contributed by atoms with Crippen LogP contribution in [0.4, 0.5) is 48.3 Å². The van der Waals surface area contributed by atoms with Crippen molar-refractivity contribution in [3.8, 4) is 5.75 Å². The number of hydrogen-bond donors (Lipinski definition) is 1. The molecule has 4 aliphatic carbocycles. The monoisotopic (exact) mass is 1780 g/mol. The molecule has 0 heterocycles. The Hall–Kier alpha value is -8.59. The number of carbonyl (C=O) groups is 6. The lowest BCUT2D eigenvalue weighted by Gasteiger charge is -2.59. The number of rotatable bonds is 26. The molecule has 6 unspecified atom stereocenters. The zero-order valence-electron chi connectivity index (χ0n) is 67.2. The molecule has 1 N–H and O–H groups in total. The van der Waals surface area contributed by atoms with Crippen LogP contribution in [0, 0.1) is 17.3 Å². The van der Waals surface area contributed by atoms with E-state index in [0.717, 1.165) is 65.5 Å². The highest BCUT2D eigenvalue weighted by Gasteiger charge is 2.64. The molecular weight excluding hydrogens is 1680 g/mol. The van der Waals surface area contributed by atoms with Gasteiger partial charge in [0.2, 0.25) is 18.3 Å². The first-order valence-corrected chi connectivity index (χ1v) is 41.2. The molecule has 0 aliphatic heterocycles. The molecule has 664 valence electrons. The van der Waals surface area contributed by atoms with Crippen molar-refractivity contribution in [2.24, 2.45) is 17.3 Å². The summed E-state index contributed by atoms with van der Waals surface area (Å²) in [6.07, 6.45) is -24.4. The molecule has 0 radical (unpaired) electrons. The molecule has 4 saturated carbocycles. The van der Waals surface area contributed by atoms with Crippen molar-refractivity contribution in [2.75, 3.05) is 80.7 Å². The summed E-state index contributed by atoms with van der Waals surface area (Å²) < 4.78 is 292. The first kappa shape index (κ1) is 107. The molecule has 4 aliphatic rings. The van der Waals surface area contributed by atoms with Gasteiger partial charge in [-0.3, -0.25) is 9.35 Å². The Labute approximate surface area is 680 Å². The second-order valence-corrected chi connectivity index (χ2v) is 37.1. The lowest BCUT2D eigenvalue weighted by Crippen LogP contribution is -2.60. The van der Waals surface area contributed by atoms with Crippen LogP contribution >= 0.6 is 0 Å². The van der Waals surface area contributed by atoms with Gasteiger partial charge in [-0.15, -0.1) is 0 Å². The zero-order valence-corrected chi connectivity index (χ0v) is 70.5. The van der Waals surface area contributed by atoms with E-state index < -0.39 is 153 Å². The number of quaternary nitrogens is 3. The van der Waals surface area contributed by atoms with Crippen LogP contribution in [0.15, 0.2) is 164 Å². The van der Waals surface area contributed by atoms with Gasteiger partial charge in [0, 0.05) is 45.4 Å². The van der Waals surface area contributed by atoms with Crippen LogP contribution in [0.25, 0.3) is 0 Å². The summed E-state index contributed by atoms with van der Waals surface area (Å²) in [6.45, 7) is 21.9. The molecule has 0 spiro atoms. The maximum atomic E-state index is 13.2. The average molecular weight is 1780 g/mol. The summed E-state index contributed by atoms with van der Waals surface area (Å²) in [5.74, 6) is -12.0. The molecule has 118 heavy (non-hydrogen) atoms. The van der Waals surface area contributed by atoms with Crippen molar-refractivity contribution in [2.45, 2.75) is 147 Å². The van der Waals surface area contributed by atoms with Crippen molar-refractivity contribution in [1.82, 2.24) is 0 Å². The molecule has 4 aromatic carbocycles. The smallest absolute Gasteiger partial charge is 0.426 e. The van der Waals surface area contributed by atoms with E-state index in [0.29, 0.717) is 19.8 Å². The summed E-state index contributed by atoms with van der Waals surface area (Å²) >= 11 is 0. The van der Waals surface area contributed by atoms with Gasteiger partial charge in [0.25, 0.3) is 10.1 Å². The Morgan fingerprint density at radius 2 is 0.780 bits per heavy atom. The van der Waals surface area contributed by atoms with Crippen LogP contribution in [-0.4, -0.2) is 236 Å². The predicted octanol–water partition coefficient (Wildman–Crippen LogP) is 11.5. The van der Waals surface area contributed by atoms with E-state index in [4.69, 9.17) is 14.0 Å². The van der Waals surface area contributed by atoms with Gasteiger partial charge in [-0.2, -0.15) is 56.7 Å². The largest absolute Gasteiger partial charge is 0.748 e. The van der Waals surface area contributed by atoms with E-state index in [-0.39, 0.29) is 64.7 Å². The summed E-state index contributed by atoms with van der Waals surface area (Å²) in [4.78, 5) is 69.5. The molecule has 0 saturated heterocycles. The quantitative estimate of drug-likeness (QED) is 0.0116. The highest BCUT2D eigenvalue weighted by Crippen LogP contribution is 2.63. The number of benzene rings is 4. The maximum absolute atomic E-state index is 13.2. The van der Waals surface area contributed by atoms with Crippen LogP contribution in [0.3, 0.4) is 0 Å². The third-order valence-electron chi connectivity index (χ3n) is 15.9. The highest BCUT2D eigenvalue weighted by atomic mass is 32.2.